The Labute approximate surface area is 211 Å². The fourth-order valence-corrected chi connectivity index (χ4v) is 4.72. The molecule has 1 aliphatic heterocycles. The van der Waals surface area contributed by atoms with Gasteiger partial charge in [0.25, 0.3) is 0 Å². The number of esters is 1. The summed E-state index contributed by atoms with van der Waals surface area (Å²) in [6, 6.07) is 31.1. The quantitative estimate of drug-likeness (QED) is 0.325. The van der Waals surface area contributed by atoms with E-state index >= 15 is 0 Å². The van der Waals surface area contributed by atoms with Crippen LogP contribution < -0.4 is 10.2 Å². The number of nitrogens with one attached hydrogen (secondary N) is 1. The molecular weight excluding hydrogens is 448 g/mol. The zero-order valence-corrected chi connectivity index (χ0v) is 20.1. The third-order valence-electron chi connectivity index (χ3n) is 6.23. The molecule has 2 unspecified atom stereocenters. The van der Waals surface area contributed by atoms with Crippen molar-refractivity contribution in [2.75, 3.05) is 16.8 Å². The molecule has 36 heavy (non-hydrogen) atoms. The summed E-state index contributed by atoms with van der Waals surface area (Å²) in [7, 11) is 0. The molecule has 4 aromatic rings. The van der Waals surface area contributed by atoms with Crippen molar-refractivity contribution in [2.24, 2.45) is 0 Å². The van der Waals surface area contributed by atoms with E-state index in [4.69, 9.17) is 14.7 Å². The van der Waals surface area contributed by atoms with Crippen LogP contribution >= 0.6 is 0 Å². The number of pyridine rings is 2. The number of anilines is 2. The van der Waals surface area contributed by atoms with E-state index in [2.05, 4.69) is 22.3 Å². The molecule has 1 aliphatic rings. The molecule has 6 heteroatoms. The van der Waals surface area contributed by atoms with Gasteiger partial charge >= 0.3 is 5.97 Å². The summed E-state index contributed by atoms with van der Waals surface area (Å²) in [4.78, 5) is 25.3. The molecule has 0 amide bonds. The first-order chi connectivity index (χ1) is 17.8. The molecule has 0 radical (unpaired) electrons. The number of hydrogen-bond donors (Lipinski definition) is 1. The van der Waals surface area contributed by atoms with Gasteiger partial charge in [0.2, 0.25) is 0 Å². The zero-order chi connectivity index (χ0) is 24.7. The van der Waals surface area contributed by atoms with Crippen LogP contribution in [0.5, 0.6) is 0 Å². The SMILES string of the molecule is CCOC(=O)C1=C(Nc2ccccc2)CC(c2ccccn2)N(c2ccccc2)C1c1ccccn1. The summed E-state index contributed by atoms with van der Waals surface area (Å²) in [6.45, 7) is 2.11. The van der Waals surface area contributed by atoms with E-state index in [0.29, 0.717) is 12.0 Å². The highest BCUT2D eigenvalue weighted by Crippen LogP contribution is 2.47. The highest BCUT2D eigenvalue weighted by Gasteiger charge is 2.42. The predicted octanol–water partition coefficient (Wildman–Crippen LogP) is 6.10. The summed E-state index contributed by atoms with van der Waals surface area (Å²) in [5.41, 5.74) is 4.91. The largest absolute Gasteiger partial charge is 0.463 e. The van der Waals surface area contributed by atoms with Gasteiger partial charge in [-0.15, -0.1) is 0 Å². The summed E-state index contributed by atoms with van der Waals surface area (Å²) in [5, 5.41) is 3.54. The number of hydrogen-bond acceptors (Lipinski definition) is 6. The summed E-state index contributed by atoms with van der Waals surface area (Å²) >= 11 is 0. The average molecular weight is 477 g/mol. The lowest BCUT2D eigenvalue weighted by Crippen LogP contribution is -2.42. The Hall–Kier alpha value is -4.45. The first-order valence-corrected chi connectivity index (χ1v) is 12.1. The fourth-order valence-electron chi connectivity index (χ4n) is 4.72. The second-order valence-electron chi connectivity index (χ2n) is 8.48. The van der Waals surface area contributed by atoms with Crippen LogP contribution in [0.25, 0.3) is 0 Å². The monoisotopic (exact) mass is 476 g/mol. The number of carbonyl (C=O) groups is 1. The van der Waals surface area contributed by atoms with Gasteiger partial charge in [0.05, 0.1) is 29.6 Å². The Kier molecular flexibility index (Phi) is 7.03. The molecule has 1 N–H and O–H groups in total. The number of nitrogens with zero attached hydrogens (tertiary/aromatic N) is 3. The normalized spacial score (nSPS) is 17.5. The molecule has 3 heterocycles. The van der Waals surface area contributed by atoms with Gasteiger partial charge in [-0.25, -0.2) is 4.79 Å². The molecule has 0 fully saturated rings. The van der Waals surface area contributed by atoms with Crippen molar-refractivity contribution in [3.05, 3.63) is 132 Å². The minimum atomic E-state index is -0.486. The van der Waals surface area contributed by atoms with Crippen molar-refractivity contribution < 1.29 is 9.53 Å². The third-order valence-corrected chi connectivity index (χ3v) is 6.23. The molecule has 0 aliphatic carbocycles. The van der Waals surface area contributed by atoms with E-state index in [1.165, 1.54) is 0 Å². The van der Waals surface area contributed by atoms with Gasteiger partial charge in [-0.3, -0.25) is 9.97 Å². The number of carbonyl (C=O) groups excluding carboxylic acids is 1. The van der Waals surface area contributed by atoms with Crippen LogP contribution in [-0.2, 0) is 9.53 Å². The minimum Gasteiger partial charge on any atom is -0.463 e. The van der Waals surface area contributed by atoms with Gasteiger partial charge in [-0.05, 0) is 55.5 Å². The molecular formula is C30H28N4O2. The number of ether oxygens (including phenoxy) is 1. The van der Waals surface area contributed by atoms with Crippen LogP contribution in [0.2, 0.25) is 0 Å². The molecule has 0 bridgehead atoms. The van der Waals surface area contributed by atoms with Crippen molar-refractivity contribution in [2.45, 2.75) is 25.4 Å². The third kappa shape index (κ3) is 4.84. The van der Waals surface area contributed by atoms with Gasteiger partial charge in [0.15, 0.2) is 0 Å². The molecule has 0 saturated carbocycles. The lowest BCUT2D eigenvalue weighted by molar-refractivity contribution is -0.139. The second-order valence-corrected chi connectivity index (χ2v) is 8.48. The lowest BCUT2D eigenvalue weighted by Gasteiger charge is -2.44. The van der Waals surface area contributed by atoms with Gasteiger partial charge in [0, 0.05) is 35.9 Å². The van der Waals surface area contributed by atoms with Gasteiger partial charge < -0.3 is 15.0 Å². The standard InChI is InChI=1S/C30H28N4O2/c1-2-36-30(35)28-26(33-22-13-5-3-6-14-22)21-27(24-17-9-11-19-31-24)34(23-15-7-4-8-16-23)29(28)25-18-10-12-20-32-25/h3-20,27,29,33H,2,21H2,1H3. The number of para-hydroxylation sites is 2. The summed E-state index contributed by atoms with van der Waals surface area (Å²) in [5.74, 6) is -0.355. The van der Waals surface area contributed by atoms with Crippen LogP contribution in [0.4, 0.5) is 11.4 Å². The van der Waals surface area contributed by atoms with E-state index in [9.17, 15) is 4.79 Å². The predicted molar refractivity (Wildman–Crippen MR) is 141 cm³/mol. The Morgan fingerprint density at radius 3 is 2.08 bits per heavy atom. The maximum absolute atomic E-state index is 13.6. The van der Waals surface area contributed by atoms with Crippen LogP contribution in [0.1, 0.15) is 36.8 Å². The van der Waals surface area contributed by atoms with E-state index in [0.717, 1.165) is 28.5 Å². The summed E-state index contributed by atoms with van der Waals surface area (Å²) in [6.07, 6.45) is 4.11. The first kappa shape index (κ1) is 23.3. The first-order valence-electron chi connectivity index (χ1n) is 12.1. The minimum absolute atomic E-state index is 0.148. The van der Waals surface area contributed by atoms with Crippen molar-refractivity contribution in [3.8, 4) is 0 Å². The van der Waals surface area contributed by atoms with E-state index in [1.807, 2.05) is 98.0 Å². The Balaban J connectivity index is 1.76. The molecule has 0 spiro atoms. The van der Waals surface area contributed by atoms with Crippen molar-refractivity contribution in [3.63, 3.8) is 0 Å². The topological polar surface area (TPSA) is 67.3 Å². The van der Waals surface area contributed by atoms with Crippen LogP contribution in [0, 0.1) is 0 Å². The van der Waals surface area contributed by atoms with Crippen molar-refractivity contribution >= 4 is 17.3 Å². The maximum atomic E-state index is 13.6. The Morgan fingerprint density at radius 1 is 0.861 bits per heavy atom. The smallest absolute Gasteiger partial charge is 0.338 e. The van der Waals surface area contributed by atoms with E-state index in [-0.39, 0.29) is 18.6 Å². The Morgan fingerprint density at radius 2 is 1.47 bits per heavy atom. The van der Waals surface area contributed by atoms with Crippen LogP contribution in [0.15, 0.2) is 121 Å². The van der Waals surface area contributed by atoms with Crippen molar-refractivity contribution in [1.29, 1.82) is 0 Å². The van der Waals surface area contributed by atoms with E-state index < -0.39 is 6.04 Å². The maximum Gasteiger partial charge on any atom is 0.338 e. The number of aromatic nitrogens is 2. The Bertz CT molecular complexity index is 1310. The van der Waals surface area contributed by atoms with Crippen molar-refractivity contribution in [1.82, 2.24) is 9.97 Å². The van der Waals surface area contributed by atoms with Gasteiger partial charge in [0.1, 0.15) is 6.04 Å². The highest BCUT2D eigenvalue weighted by atomic mass is 16.5. The van der Waals surface area contributed by atoms with Gasteiger partial charge in [-0.1, -0.05) is 48.5 Å². The molecule has 5 rings (SSSR count). The molecule has 2 atom stereocenters. The second kappa shape index (κ2) is 10.9. The molecule has 180 valence electrons. The number of benzene rings is 2. The van der Waals surface area contributed by atoms with Crippen LogP contribution in [-0.4, -0.2) is 22.5 Å². The van der Waals surface area contributed by atoms with Crippen LogP contribution in [0.3, 0.4) is 0 Å². The van der Waals surface area contributed by atoms with Gasteiger partial charge in [-0.2, -0.15) is 0 Å². The highest BCUT2D eigenvalue weighted by molar-refractivity contribution is 5.93. The van der Waals surface area contributed by atoms with E-state index in [1.54, 1.807) is 6.20 Å². The summed E-state index contributed by atoms with van der Waals surface area (Å²) < 4.78 is 5.62. The molecule has 0 saturated heterocycles. The lowest BCUT2D eigenvalue weighted by atomic mass is 9.87. The number of rotatable bonds is 7. The zero-order valence-electron chi connectivity index (χ0n) is 20.1. The fraction of sp³-hybridized carbons (Fsp3) is 0.167. The molecule has 6 nitrogen and oxygen atoms in total. The molecule has 2 aromatic heterocycles. The average Bonchev–Trinajstić information content (AvgIpc) is 2.94. The molecule has 2 aromatic carbocycles.